The molecule has 0 aliphatic rings. The summed E-state index contributed by atoms with van der Waals surface area (Å²) in [6.45, 7) is 5.10. The van der Waals surface area contributed by atoms with Crippen molar-refractivity contribution in [3.8, 4) is 11.8 Å². The molecule has 0 heterocycles. The van der Waals surface area contributed by atoms with Crippen LogP contribution < -0.4 is 15.4 Å². The fraction of sp³-hybridized carbons (Fsp3) is 0.385. The van der Waals surface area contributed by atoms with Gasteiger partial charge in [0.05, 0.1) is 25.0 Å². The van der Waals surface area contributed by atoms with Crippen molar-refractivity contribution in [1.82, 2.24) is 10.6 Å². The molecule has 2 N–H and O–H groups in total. The number of benzene rings is 2. The van der Waals surface area contributed by atoms with Crippen LogP contribution in [0.1, 0.15) is 39.2 Å². The van der Waals surface area contributed by atoms with Crippen molar-refractivity contribution in [2.24, 2.45) is 0 Å². The van der Waals surface area contributed by atoms with E-state index in [0.29, 0.717) is 5.75 Å². The van der Waals surface area contributed by atoms with Gasteiger partial charge in [-0.1, -0.05) is 48.5 Å². The highest BCUT2D eigenvalue weighted by Gasteiger charge is 2.29. The molecule has 0 fully saturated rings. The molecule has 0 spiro atoms. The first kappa shape index (κ1) is 27.2. The molecule has 9 heteroatoms. The minimum atomic E-state index is -1.27. The molecule has 1 unspecified atom stereocenters. The molecule has 2 aromatic carbocycles. The second kappa shape index (κ2) is 13.6. The summed E-state index contributed by atoms with van der Waals surface area (Å²) in [5.41, 5.74) is -0.0136. The summed E-state index contributed by atoms with van der Waals surface area (Å²) in [5, 5.41) is 14.3. The lowest BCUT2D eigenvalue weighted by Gasteiger charge is -2.24. The van der Waals surface area contributed by atoms with E-state index in [-0.39, 0.29) is 19.6 Å². The normalized spacial score (nSPS) is 12.4. The maximum Gasteiger partial charge on any atom is 0.408 e. The number of para-hydroxylation sites is 1. The Hall–Kier alpha value is -4.06. The summed E-state index contributed by atoms with van der Waals surface area (Å²) in [5.74, 6) is -0.760. The largest absolute Gasteiger partial charge is 0.491 e. The van der Waals surface area contributed by atoms with Crippen LogP contribution in [0.4, 0.5) is 4.79 Å². The number of ether oxygens (including phenoxy) is 3. The smallest absolute Gasteiger partial charge is 0.408 e. The SMILES string of the molecule is CC(C)(C)OC(=O)N[C@H](CC(=O)OCc1ccccc1)C(=O)NC(CC#N)COc1ccccc1. The Bertz CT molecular complexity index is 999. The standard InChI is InChI=1S/C26H31N3O6/c1-26(2,3)35-25(32)29-22(16-23(30)34-17-19-10-6-4-7-11-19)24(31)28-20(14-15-27)18-33-21-12-8-5-9-13-21/h4-13,20,22H,14,16-18H2,1-3H3,(H,28,31)(H,29,32)/t20?,22-/m1/s1. The maximum absolute atomic E-state index is 13.0. The highest BCUT2D eigenvalue weighted by Crippen LogP contribution is 2.11. The second-order valence-corrected chi connectivity index (χ2v) is 8.74. The topological polar surface area (TPSA) is 127 Å². The average Bonchev–Trinajstić information content (AvgIpc) is 2.81. The molecule has 0 aromatic heterocycles. The molecular formula is C26H31N3O6. The lowest BCUT2D eigenvalue weighted by atomic mass is 10.1. The minimum absolute atomic E-state index is 0.0287. The third-order valence-electron chi connectivity index (χ3n) is 4.50. The molecule has 9 nitrogen and oxygen atoms in total. The van der Waals surface area contributed by atoms with Crippen LogP contribution in [-0.4, -0.2) is 42.3 Å². The summed E-state index contributed by atoms with van der Waals surface area (Å²) in [6, 6.07) is 18.1. The van der Waals surface area contributed by atoms with E-state index < -0.39 is 42.1 Å². The Labute approximate surface area is 205 Å². The fourth-order valence-electron chi connectivity index (χ4n) is 2.90. The minimum Gasteiger partial charge on any atom is -0.491 e. The molecule has 2 rings (SSSR count). The van der Waals surface area contributed by atoms with Crippen LogP contribution in [0.15, 0.2) is 60.7 Å². The van der Waals surface area contributed by atoms with Gasteiger partial charge >= 0.3 is 12.1 Å². The van der Waals surface area contributed by atoms with Crippen molar-refractivity contribution >= 4 is 18.0 Å². The predicted molar refractivity (Wildman–Crippen MR) is 128 cm³/mol. The number of rotatable bonds is 11. The zero-order valence-corrected chi connectivity index (χ0v) is 20.2. The van der Waals surface area contributed by atoms with Crippen molar-refractivity contribution < 1.29 is 28.6 Å². The molecule has 2 amide bonds. The number of nitrogens with one attached hydrogen (secondary N) is 2. The number of hydrogen-bond acceptors (Lipinski definition) is 7. The van der Waals surface area contributed by atoms with Crippen LogP contribution in [0.3, 0.4) is 0 Å². The zero-order valence-electron chi connectivity index (χ0n) is 20.2. The summed E-state index contributed by atoms with van der Waals surface area (Å²) in [4.78, 5) is 37.8. The van der Waals surface area contributed by atoms with E-state index in [1.165, 1.54) is 0 Å². The maximum atomic E-state index is 13.0. The summed E-state index contributed by atoms with van der Waals surface area (Å²) in [6.07, 6.45) is -1.31. The Morgan fingerprint density at radius 2 is 1.60 bits per heavy atom. The van der Waals surface area contributed by atoms with Crippen LogP contribution in [-0.2, 0) is 25.7 Å². The number of nitrogens with zero attached hydrogens (tertiary/aromatic N) is 1. The Morgan fingerprint density at radius 3 is 2.20 bits per heavy atom. The van der Waals surface area contributed by atoms with Crippen LogP contribution in [0.2, 0.25) is 0 Å². The molecule has 0 saturated carbocycles. The number of carbonyl (C=O) groups is 3. The molecule has 0 radical (unpaired) electrons. The second-order valence-electron chi connectivity index (χ2n) is 8.74. The first-order valence-electron chi connectivity index (χ1n) is 11.2. The number of nitriles is 1. The third kappa shape index (κ3) is 11.1. The first-order chi connectivity index (χ1) is 16.7. The van der Waals surface area contributed by atoms with Gasteiger partial charge in [-0.3, -0.25) is 9.59 Å². The molecule has 2 aromatic rings. The van der Waals surface area contributed by atoms with Gasteiger partial charge in [0, 0.05) is 0 Å². The molecular weight excluding hydrogens is 450 g/mol. The van der Waals surface area contributed by atoms with Gasteiger partial charge in [0.15, 0.2) is 0 Å². The summed E-state index contributed by atoms with van der Waals surface area (Å²) < 4.78 is 16.1. The average molecular weight is 482 g/mol. The highest BCUT2D eigenvalue weighted by atomic mass is 16.6. The van der Waals surface area contributed by atoms with Crippen molar-refractivity contribution in [2.45, 2.75) is 57.9 Å². The van der Waals surface area contributed by atoms with E-state index in [2.05, 4.69) is 10.6 Å². The van der Waals surface area contributed by atoms with Gasteiger partial charge in [-0.25, -0.2) is 4.79 Å². The first-order valence-corrected chi connectivity index (χ1v) is 11.2. The van der Waals surface area contributed by atoms with Crippen molar-refractivity contribution in [1.29, 1.82) is 5.26 Å². The third-order valence-corrected chi connectivity index (χ3v) is 4.50. The Kier molecular flexibility index (Phi) is 10.6. The molecule has 0 bridgehead atoms. The zero-order chi connectivity index (χ0) is 25.7. The van der Waals surface area contributed by atoms with Gasteiger partial charge in [-0.2, -0.15) is 5.26 Å². The van der Waals surface area contributed by atoms with E-state index in [9.17, 15) is 14.4 Å². The molecule has 186 valence electrons. The predicted octanol–water partition coefficient (Wildman–Crippen LogP) is 3.49. The molecule has 0 aliphatic heterocycles. The Morgan fingerprint density at radius 1 is 0.971 bits per heavy atom. The molecule has 0 saturated heterocycles. The van der Waals surface area contributed by atoms with Crippen LogP contribution in [0.25, 0.3) is 0 Å². The number of carbonyl (C=O) groups excluding carboxylic acids is 3. The van der Waals surface area contributed by atoms with Gasteiger partial charge in [0.2, 0.25) is 5.91 Å². The number of alkyl carbamates (subject to hydrolysis) is 1. The van der Waals surface area contributed by atoms with Gasteiger partial charge in [-0.15, -0.1) is 0 Å². The van der Waals surface area contributed by atoms with E-state index in [1.54, 1.807) is 57.2 Å². The molecule has 35 heavy (non-hydrogen) atoms. The number of esters is 1. The molecule has 0 aliphatic carbocycles. The number of hydrogen-bond donors (Lipinski definition) is 2. The monoisotopic (exact) mass is 481 g/mol. The van der Waals surface area contributed by atoms with Crippen LogP contribution in [0.5, 0.6) is 5.75 Å². The Balaban J connectivity index is 2.03. The van der Waals surface area contributed by atoms with Gasteiger partial charge in [0.25, 0.3) is 0 Å². The van der Waals surface area contributed by atoms with Gasteiger partial charge in [-0.05, 0) is 38.5 Å². The van der Waals surface area contributed by atoms with E-state index in [0.717, 1.165) is 5.56 Å². The lowest BCUT2D eigenvalue weighted by molar-refractivity contribution is -0.147. The summed E-state index contributed by atoms with van der Waals surface area (Å²) in [7, 11) is 0. The van der Waals surface area contributed by atoms with Crippen molar-refractivity contribution in [3.63, 3.8) is 0 Å². The van der Waals surface area contributed by atoms with Gasteiger partial charge < -0.3 is 24.8 Å². The van der Waals surface area contributed by atoms with Crippen molar-refractivity contribution in [3.05, 3.63) is 66.2 Å². The lowest BCUT2D eigenvalue weighted by Crippen LogP contribution is -2.52. The molecule has 2 atom stereocenters. The number of amides is 2. The van der Waals surface area contributed by atoms with E-state index in [1.807, 2.05) is 30.3 Å². The van der Waals surface area contributed by atoms with Crippen molar-refractivity contribution in [2.75, 3.05) is 6.61 Å². The summed E-state index contributed by atoms with van der Waals surface area (Å²) >= 11 is 0. The van der Waals surface area contributed by atoms with E-state index in [4.69, 9.17) is 19.5 Å². The van der Waals surface area contributed by atoms with Crippen LogP contribution in [0, 0.1) is 11.3 Å². The van der Waals surface area contributed by atoms with Gasteiger partial charge in [0.1, 0.15) is 30.6 Å². The fourth-order valence-corrected chi connectivity index (χ4v) is 2.90. The van der Waals surface area contributed by atoms with E-state index >= 15 is 0 Å². The highest BCUT2D eigenvalue weighted by molar-refractivity contribution is 5.89. The quantitative estimate of drug-likeness (QED) is 0.470. The van der Waals surface area contributed by atoms with Crippen LogP contribution >= 0.6 is 0 Å².